The zero-order chi connectivity index (χ0) is 28.6. The molecule has 1 amide bonds. The lowest BCUT2D eigenvalue weighted by Gasteiger charge is -2.63. The van der Waals surface area contributed by atoms with Crippen LogP contribution in [-0.4, -0.2) is 61.2 Å². The lowest BCUT2D eigenvalue weighted by atomic mass is 9.48. The maximum absolute atomic E-state index is 14.0. The van der Waals surface area contributed by atoms with Gasteiger partial charge in [-0.3, -0.25) is 4.79 Å². The molecule has 2 aliphatic carbocycles. The Balaban J connectivity index is 1.30. The number of aliphatic hydroxyl groups is 1. The monoisotopic (exact) mass is 576 g/mol. The molecule has 2 N–H and O–H groups in total. The molecular formula is C31H32N2O7S. The molecule has 1 saturated heterocycles. The molecule has 10 heteroatoms. The number of carbonyl (C=O) groups excluding carboxylic acids is 1. The van der Waals surface area contributed by atoms with Crippen LogP contribution in [0.2, 0.25) is 0 Å². The summed E-state index contributed by atoms with van der Waals surface area (Å²) in [6.07, 6.45) is 7.07. The molecule has 214 valence electrons. The Morgan fingerprint density at radius 1 is 1.22 bits per heavy atom. The summed E-state index contributed by atoms with van der Waals surface area (Å²) in [5.41, 5.74) is 1.15. The minimum atomic E-state index is -3.88. The Morgan fingerprint density at radius 3 is 2.83 bits per heavy atom. The van der Waals surface area contributed by atoms with E-state index in [-0.39, 0.29) is 17.3 Å². The third-order valence-corrected chi connectivity index (χ3v) is 11.4. The van der Waals surface area contributed by atoms with Crippen molar-refractivity contribution < 1.29 is 32.2 Å². The fraction of sp³-hybridized carbons (Fsp3) is 0.387. The van der Waals surface area contributed by atoms with Gasteiger partial charge in [-0.15, -0.1) is 0 Å². The number of nitrogens with zero attached hydrogens (tertiary/aromatic N) is 1. The highest BCUT2D eigenvalue weighted by Crippen LogP contribution is 2.65. The van der Waals surface area contributed by atoms with Gasteiger partial charge in [-0.1, -0.05) is 18.2 Å². The van der Waals surface area contributed by atoms with Crippen molar-refractivity contribution in [1.29, 1.82) is 0 Å². The smallest absolute Gasteiger partial charge is 0.244 e. The van der Waals surface area contributed by atoms with Gasteiger partial charge in [0, 0.05) is 23.7 Å². The van der Waals surface area contributed by atoms with E-state index in [0.29, 0.717) is 37.2 Å². The summed E-state index contributed by atoms with van der Waals surface area (Å²) >= 11 is 0. The molecule has 1 saturated carbocycles. The maximum Gasteiger partial charge on any atom is 0.244 e. The summed E-state index contributed by atoms with van der Waals surface area (Å²) in [5, 5.41) is 15.8. The van der Waals surface area contributed by atoms with E-state index in [1.807, 2.05) is 25.1 Å². The average Bonchev–Trinajstić information content (AvgIpc) is 3.59. The second-order valence-corrected chi connectivity index (χ2v) is 13.4. The molecule has 41 heavy (non-hydrogen) atoms. The number of benzene rings is 2. The summed E-state index contributed by atoms with van der Waals surface area (Å²) in [5.74, 6) is 0.863. The number of aryl methyl sites for hydroxylation is 1. The molecular weight excluding hydrogens is 544 g/mol. The van der Waals surface area contributed by atoms with Gasteiger partial charge in [0.25, 0.3) is 0 Å². The highest BCUT2D eigenvalue weighted by molar-refractivity contribution is 7.89. The second-order valence-electron chi connectivity index (χ2n) is 11.5. The molecule has 0 unspecified atom stereocenters. The number of piperidine rings is 1. The third kappa shape index (κ3) is 3.67. The van der Waals surface area contributed by atoms with Crippen LogP contribution < -0.4 is 14.8 Å². The van der Waals surface area contributed by atoms with Crippen LogP contribution >= 0.6 is 0 Å². The molecule has 2 aromatic carbocycles. The van der Waals surface area contributed by atoms with E-state index >= 15 is 0 Å². The second kappa shape index (κ2) is 9.20. The Morgan fingerprint density at radius 2 is 2.07 bits per heavy atom. The topological polar surface area (TPSA) is 118 Å². The van der Waals surface area contributed by atoms with Crippen LogP contribution in [-0.2, 0) is 26.7 Å². The molecule has 2 aliphatic heterocycles. The number of furan rings is 1. The number of rotatable bonds is 6. The van der Waals surface area contributed by atoms with Crippen molar-refractivity contribution in [2.24, 2.45) is 0 Å². The van der Waals surface area contributed by atoms with Crippen molar-refractivity contribution in [3.05, 3.63) is 83.3 Å². The number of nitrogens with one attached hydrogen (secondary N) is 1. The van der Waals surface area contributed by atoms with Gasteiger partial charge in [0.15, 0.2) is 11.5 Å². The first-order valence-electron chi connectivity index (χ1n) is 13.9. The fourth-order valence-corrected chi connectivity index (χ4v) is 9.55. The maximum atomic E-state index is 14.0. The molecule has 0 radical (unpaired) electrons. The molecule has 9 nitrogen and oxygen atoms in total. The minimum Gasteiger partial charge on any atom is -0.493 e. The summed E-state index contributed by atoms with van der Waals surface area (Å²) in [6.45, 7) is 2.09. The van der Waals surface area contributed by atoms with E-state index in [2.05, 4.69) is 5.32 Å². The first-order chi connectivity index (χ1) is 19.7. The van der Waals surface area contributed by atoms with Gasteiger partial charge >= 0.3 is 0 Å². The lowest BCUT2D eigenvalue weighted by molar-refractivity contribution is -0.177. The van der Waals surface area contributed by atoms with E-state index in [0.717, 1.165) is 22.3 Å². The van der Waals surface area contributed by atoms with Crippen LogP contribution in [0.4, 0.5) is 0 Å². The van der Waals surface area contributed by atoms with Crippen LogP contribution in [0.3, 0.4) is 0 Å². The molecule has 3 heterocycles. The van der Waals surface area contributed by atoms with E-state index in [1.165, 1.54) is 16.6 Å². The molecule has 1 aromatic heterocycles. The number of methoxy groups -OCH3 is 1. The first-order valence-corrected chi connectivity index (χ1v) is 15.3. The quantitative estimate of drug-likeness (QED) is 0.432. The Hall–Kier alpha value is -3.60. The molecule has 1 spiro atoms. The standard InChI is InChI=1S/C31H32N2O7S/c1-19-4-3-5-22(16-19)41(36,37)33-14-13-30-27-21-7-8-24(38-2)28(27)40-29(30)23(10-12-31(30,35)25(33)17-21)32-26(34)9-6-20-11-15-39-18-20/h3-9,11,15-16,18,23,25,29,35H,10,12-14,17H2,1-2H3,(H,32,34)/b9-6+/t23-,25-,29+,30+,31-/m1/s1. The Kier molecular flexibility index (Phi) is 5.91. The minimum absolute atomic E-state index is 0.222. The van der Waals surface area contributed by atoms with E-state index < -0.39 is 39.2 Å². The molecule has 2 bridgehead atoms. The van der Waals surface area contributed by atoms with Crippen LogP contribution in [0.25, 0.3) is 6.08 Å². The molecule has 5 atom stereocenters. The van der Waals surface area contributed by atoms with Crippen molar-refractivity contribution in [1.82, 2.24) is 9.62 Å². The zero-order valence-electron chi connectivity index (χ0n) is 22.9. The summed E-state index contributed by atoms with van der Waals surface area (Å²) < 4.78 is 46.9. The van der Waals surface area contributed by atoms with Gasteiger partial charge in [0.05, 0.1) is 47.6 Å². The number of amides is 1. The number of ether oxygens (including phenoxy) is 2. The first kappa shape index (κ1) is 26.3. The predicted molar refractivity (Wildman–Crippen MR) is 150 cm³/mol. The zero-order valence-corrected chi connectivity index (χ0v) is 23.7. The van der Waals surface area contributed by atoms with Crippen LogP contribution in [0.15, 0.2) is 70.4 Å². The van der Waals surface area contributed by atoms with Crippen molar-refractivity contribution in [2.45, 2.75) is 66.7 Å². The van der Waals surface area contributed by atoms with Crippen molar-refractivity contribution >= 4 is 22.0 Å². The molecule has 4 aliphatic rings. The largest absolute Gasteiger partial charge is 0.493 e. The highest BCUT2D eigenvalue weighted by Gasteiger charge is 2.74. The van der Waals surface area contributed by atoms with Crippen molar-refractivity contribution in [2.75, 3.05) is 13.7 Å². The summed E-state index contributed by atoms with van der Waals surface area (Å²) in [6, 6.07) is 11.4. The average molecular weight is 577 g/mol. The Labute approximate surface area is 238 Å². The fourth-order valence-electron chi connectivity index (χ4n) is 7.78. The number of hydrogen-bond acceptors (Lipinski definition) is 7. The SMILES string of the molecule is COc1ccc2c3c1O[C@H]1[C@H](NC(=O)/C=C/c4ccoc4)CC[C@@]4(O)[C@@H](C2)N(S(=O)(=O)c2cccc(C)c2)CC[C@]314. The predicted octanol–water partition coefficient (Wildman–Crippen LogP) is 3.34. The van der Waals surface area contributed by atoms with Crippen LogP contribution in [0.5, 0.6) is 11.5 Å². The van der Waals surface area contributed by atoms with Gasteiger partial charge in [-0.05, 0) is 74.1 Å². The normalized spacial score (nSPS) is 30.1. The number of hydrogen-bond donors (Lipinski definition) is 2. The van der Waals surface area contributed by atoms with Gasteiger partial charge < -0.3 is 24.3 Å². The van der Waals surface area contributed by atoms with Crippen molar-refractivity contribution in [3.63, 3.8) is 0 Å². The Bertz CT molecular complexity index is 1670. The van der Waals surface area contributed by atoms with Crippen molar-refractivity contribution in [3.8, 4) is 11.5 Å². The molecule has 7 rings (SSSR count). The van der Waals surface area contributed by atoms with Crippen LogP contribution in [0, 0.1) is 6.92 Å². The van der Waals surface area contributed by atoms with E-state index in [1.54, 1.807) is 43.7 Å². The van der Waals surface area contributed by atoms with Gasteiger partial charge in [0.1, 0.15) is 6.10 Å². The third-order valence-electron chi connectivity index (χ3n) is 9.51. The molecule has 2 fully saturated rings. The number of sulfonamides is 1. The lowest BCUT2D eigenvalue weighted by Crippen LogP contribution is -2.78. The summed E-state index contributed by atoms with van der Waals surface area (Å²) in [7, 11) is -2.30. The van der Waals surface area contributed by atoms with Gasteiger partial charge in [-0.25, -0.2) is 8.42 Å². The van der Waals surface area contributed by atoms with Gasteiger partial charge in [-0.2, -0.15) is 4.31 Å². The summed E-state index contributed by atoms with van der Waals surface area (Å²) in [4.78, 5) is 13.2. The highest BCUT2D eigenvalue weighted by atomic mass is 32.2. The number of carbonyl (C=O) groups is 1. The molecule has 3 aromatic rings. The van der Waals surface area contributed by atoms with E-state index in [4.69, 9.17) is 13.9 Å². The van der Waals surface area contributed by atoms with E-state index in [9.17, 15) is 18.3 Å². The van der Waals surface area contributed by atoms with Gasteiger partial charge in [0.2, 0.25) is 15.9 Å². The van der Waals surface area contributed by atoms with Crippen LogP contribution in [0.1, 0.15) is 41.5 Å².